The summed E-state index contributed by atoms with van der Waals surface area (Å²) in [5.74, 6) is 0.630. The van der Waals surface area contributed by atoms with Gasteiger partial charge in [-0.15, -0.1) is 0 Å². The second-order valence-electron chi connectivity index (χ2n) is 8.71. The largest absolute Gasteiger partial charge is 0.490 e. The number of alkyl halides is 3. The van der Waals surface area contributed by atoms with E-state index in [1.165, 1.54) is 18.2 Å². The van der Waals surface area contributed by atoms with E-state index in [0.29, 0.717) is 49.0 Å². The van der Waals surface area contributed by atoms with Crippen molar-refractivity contribution in [3.63, 3.8) is 0 Å². The number of benzene rings is 1. The first kappa shape index (κ1) is 26.5. The first-order valence-corrected chi connectivity index (χ1v) is 11.8. The highest BCUT2D eigenvalue weighted by Gasteiger charge is 2.31. The lowest BCUT2D eigenvalue weighted by molar-refractivity contribution is -0.137. The molecule has 1 aromatic carbocycles. The summed E-state index contributed by atoms with van der Waals surface area (Å²) in [5, 5.41) is 2.88. The number of halogens is 3. The molecule has 1 aromatic heterocycles. The van der Waals surface area contributed by atoms with Crippen LogP contribution in [0.15, 0.2) is 24.3 Å². The number of carbonyl (C=O) groups excluding carboxylic acids is 1. The number of hydrogen-bond acceptors (Lipinski definition) is 7. The van der Waals surface area contributed by atoms with Crippen LogP contribution in [-0.4, -0.2) is 60.6 Å². The van der Waals surface area contributed by atoms with E-state index in [9.17, 15) is 18.0 Å². The van der Waals surface area contributed by atoms with Crippen molar-refractivity contribution in [1.29, 1.82) is 0 Å². The van der Waals surface area contributed by atoms with Crippen LogP contribution in [0.3, 0.4) is 0 Å². The molecule has 1 aliphatic rings. The summed E-state index contributed by atoms with van der Waals surface area (Å²) in [5.41, 5.74) is 5.36. The lowest BCUT2D eigenvalue weighted by atomic mass is 10.1. The molecule has 2 aromatic rings. The van der Waals surface area contributed by atoms with Gasteiger partial charge in [-0.25, -0.2) is 4.98 Å². The minimum Gasteiger partial charge on any atom is -0.490 e. The first-order valence-electron chi connectivity index (χ1n) is 11.8. The SMILES string of the molecule is CC[C@H](CCN(C)c1nc(NC)cc(C(N)=O)n1)Oc1ccc(C(F)(F)F)cc1CN1CCCC1. The zero-order valence-electron chi connectivity index (χ0n) is 20.4. The van der Waals surface area contributed by atoms with E-state index in [4.69, 9.17) is 10.5 Å². The van der Waals surface area contributed by atoms with Crippen LogP contribution in [-0.2, 0) is 12.7 Å². The monoisotopic (exact) mass is 494 g/mol. The van der Waals surface area contributed by atoms with E-state index in [0.717, 1.165) is 32.0 Å². The number of amides is 1. The number of primary amides is 1. The molecule has 1 fully saturated rings. The predicted octanol–water partition coefficient (Wildman–Crippen LogP) is 3.92. The summed E-state index contributed by atoms with van der Waals surface area (Å²) in [6.45, 7) is 4.65. The molecule has 2 heterocycles. The highest BCUT2D eigenvalue weighted by Crippen LogP contribution is 2.34. The Bertz CT molecular complexity index is 1010. The van der Waals surface area contributed by atoms with Crippen LogP contribution in [0.2, 0.25) is 0 Å². The molecule has 11 heteroatoms. The van der Waals surface area contributed by atoms with Crippen molar-refractivity contribution < 1.29 is 22.7 Å². The molecule has 0 saturated carbocycles. The van der Waals surface area contributed by atoms with Crippen molar-refractivity contribution in [3.05, 3.63) is 41.1 Å². The van der Waals surface area contributed by atoms with Crippen molar-refractivity contribution >= 4 is 17.7 Å². The van der Waals surface area contributed by atoms with Gasteiger partial charge in [-0.3, -0.25) is 9.69 Å². The lowest BCUT2D eigenvalue weighted by Crippen LogP contribution is -2.28. The molecule has 3 N–H and O–H groups in total. The maximum atomic E-state index is 13.3. The van der Waals surface area contributed by atoms with E-state index in [1.54, 1.807) is 19.0 Å². The third-order valence-corrected chi connectivity index (χ3v) is 6.08. The van der Waals surface area contributed by atoms with Crippen LogP contribution in [0.4, 0.5) is 24.9 Å². The van der Waals surface area contributed by atoms with E-state index in [1.807, 2.05) is 6.92 Å². The molecule has 0 radical (unpaired) electrons. The Morgan fingerprint density at radius 3 is 2.57 bits per heavy atom. The van der Waals surface area contributed by atoms with E-state index >= 15 is 0 Å². The Labute approximate surface area is 203 Å². The van der Waals surface area contributed by atoms with E-state index < -0.39 is 17.6 Å². The molecule has 8 nitrogen and oxygen atoms in total. The van der Waals surface area contributed by atoms with Gasteiger partial charge in [0.1, 0.15) is 23.4 Å². The van der Waals surface area contributed by atoms with E-state index in [2.05, 4.69) is 20.2 Å². The lowest BCUT2D eigenvalue weighted by Gasteiger charge is -2.25. The maximum Gasteiger partial charge on any atom is 0.416 e. The average Bonchev–Trinajstić information content (AvgIpc) is 3.34. The number of nitrogens with two attached hydrogens (primary N) is 1. The van der Waals surface area contributed by atoms with Crippen molar-refractivity contribution in [1.82, 2.24) is 14.9 Å². The highest BCUT2D eigenvalue weighted by atomic mass is 19.4. The van der Waals surface area contributed by atoms with Gasteiger partial charge in [-0.05, 0) is 50.6 Å². The normalized spacial score (nSPS) is 15.1. The van der Waals surface area contributed by atoms with Crippen LogP contribution in [0.25, 0.3) is 0 Å². The molecule has 1 amide bonds. The summed E-state index contributed by atoms with van der Waals surface area (Å²) in [7, 11) is 3.48. The number of hydrogen-bond donors (Lipinski definition) is 2. The van der Waals surface area contributed by atoms with Crippen LogP contribution in [0, 0.1) is 0 Å². The maximum absolute atomic E-state index is 13.3. The molecule has 0 aliphatic carbocycles. The third kappa shape index (κ3) is 7.20. The van der Waals surface area contributed by atoms with Gasteiger partial charge in [0.2, 0.25) is 5.95 Å². The fourth-order valence-corrected chi connectivity index (χ4v) is 4.00. The fourth-order valence-electron chi connectivity index (χ4n) is 4.00. The molecule has 1 saturated heterocycles. The standard InChI is InChI=1S/C24H33F3N6O2/c1-4-18(9-12-32(3)23-30-19(22(28)34)14-21(29-2)31-23)35-20-8-7-17(24(25,26)27)13-16(20)15-33-10-5-6-11-33/h7-8,13-14,18H,4-6,9-12,15H2,1-3H3,(H2,28,34)(H,29,30,31)/t18-/m1/s1. The molecule has 0 bridgehead atoms. The minimum atomic E-state index is -4.41. The van der Waals surface area contributed by atoms with Crippen molar-refractivity contribution in [2.24, 2.45) is 5.73 Å². The van der Waals surface area contributed by atoms with Gasteiger partial charge in [0.25, 0.3) is 5.91 Å². The van der Waals surface area contributed by atoms with Crippen molar-refractivity contribution in [2.75, 3.05) is 43.9 Å². The first-order chi connectivity index (χ1) is 16.6. The smallest absolute Gasteiger partial charge is 0.416 e. The predicted molar refractivity (Wildman–Crippen MR) is 129 cm³/mol. The van der Waals surface area contributed by atoms with Crippen LogP contribution in [0.5, 0.6) is 5.75 Å². The topological polar surface area (TPSA) is 96.6 Å². The Kier molecular flexibility index (Phi) is 8.76. The van der Waals surface area contributed by atoms with Gasteiger partial charge in [0.05, 0.1) is 5.56 Å². The van der Waals surface area contributed by atoms with Crippen molar-refractivity contribution in [2.45, 2.75) is 51.4 Å². The summed E-state index contributed by atoms with van der Waals surface area (Å²) in [4.78, 5) is 24.1. The molecule has 0 spiro atoms. The highest BCUT2D eigenvalue weighted by molar-refractivity contribution is 5.91. The second kappa shape index (κ2) is 11.6. The van der Waals surface area contributed by atoms with Gasteiger partial charge >= 0.3 is 6.18 Å². The van der Waals surface area contributed by atoms with Crippen LogP contribution < -0.4 is 20.7 Å². The number of anilines is 2. The third-order valence-electron chi connectivity index (χ3n) is 6.08. The van der Waals surface area contributed by atoms with Crippen molar-refractivity contribution in [3.8, 4) is 5.75 Å². The Hall–Kier alpha value is -3.08. The number of nitrogens with one attached hydrogen (secondary N) is 1. The number of likely N-dealkylation sites (tertiary alicyclic amines) is 1. The number of rotatable bonds is 11. The summed E-state index contributed by atoms with van der Waals surface area (Å²) >= 11 is 0. The van der Waals surface area contributed by atoms with Gasteiger partial charge in [-0.1, -0.05) is 6.92 Å². The zero-order valence-corrected chi connectivity index (χ0v) is 20.4. The molecule has 0 unspecified atom stereocenters. The molecule has 35 heavy (non-hydrogen) atoms. The number of ether oxygens (including phenoxy) is 1. The average molecular weight is 495 g/mol. The summed E-state index contributed by atoms with van der Waals surface area (Å²) in [6, 6.07) is 5.18. The summed E-state index contributed by atoms with van der Waals surface area (Å²) in [6.07, 6.45) is -1.29. The molecule has 3 rings (SSSR count). The molecule has 1 aliphatic heterocycles. The zero-order chi connectivity index (χ0) is 25.6. The molecule has 1 atom stereocenters. The Balaban J connectivity index is 1.73. The summed E-state index contributed by atoms with van der Waals surface area (Å²) < 4.78 is 46.2. The van der Waals surface area contributed by atoms with Gasteiger partial charge in [-0.2, -0.15) is 18.2 Å². The number of nitrogens with zero attached hydrogens (tertiary/aromatic N) is 4. The molecular formula is C24H33F3N6O2. The van der Waals surface area contributed by atoms with Gasteiger partial charge in [0, 0.05) is 45.2 Å². The Morgan fingerprint density at radius 2 is 1.97 bits per heavy atom. The molecule has 192 valence electrons. The minimum absolute atomic E-state index is 0.103. The second-order valence-corrected chi connectivity index (χ2v) is 8.71. The van der Waals surface area contributed by atoms with Crippen LogP contribution in [0.1, 0.15) is 54.2 Å². The van der Waals surface area contributed by atoms with E-state index in [-0.39, 0.29) is 11.8 Å². The van der Waals surface area contributed by atoms with Crippen LogP contribution >= 0.6 is 0 Å². The van der Waals surface area contributed by atoms with Gasteiger partial charge in [0.15, 0.2) is 0 Å². The number of carbonyl (C=O) groups is 1. The quantitative estimate of drug-likeness (QED) is 0.489. The number of aromatic nitrogens is 2. The fraction of sp³-hybridized carbons (Fsp3) is 0.542. The molecular weight excluding hydrogens is 461 g/mol. The van der Waals surface area contributed by atoms with Gasteiger partial charge < -0.3 is 20.7 Å². The Morgan fingerprint density at radius 1 is 1.26 bits per heavy atom.